The summed E-state index contributed by atoms with van der Waals surface area (Å²) in [5.74, 6) is -0.185. The van der Waals surface area contributed by atoms with Gasteiger partial charge in [-0.3, -0.25) is 9.36 Å². The van der Waals surface area contributed by atoms with Gasteiger partial charge in [0.25, 0.3) is 5.91 Å². The number of nitrogens with zero attached hydrogens (tertiary/aromatic N) is 2. The van der Waals surface area contributed by atoms with E-state index >= 15 is 0 Å². The lowest BCUT2D eigenvalue weighted by molar-refractivity contribution is 0.0944. The molecule has 0 aliphatic heterocycles. The molecule has 0 atom stereocenters. The van der Waals surface area contributed by atoms with Crippen LogP contribution in [0.3, 0.4) is 0 Å². The van der Waals surface area contributed by atoms with Crippen LogP contribution in [0.4, 0.5) is 0 Å². The molecular formula is C14H17N3O2S. The number of hydrogen-bond donors (Lipinski definition) is 2. The predicted molar refractivity (Wildman–Crippen MR) is 79.4 cm³/mol. The molecule has 0 saturated heterocycles. The highest BCUT2D eigenvalue weighted by molar-refractivity contribution is 7.98. The second-order valence-electron chi connectivity index (χ2n) is 4.13. The van der Waals surface area contributed by atoms with Gasteiger partial charge in [-0.15, -0.1) is 0 Å². The van der Waals surface area contributed by atoms with Crippen molar-refractivity contribution >= 4 is 17.7 Å². The number of hydrogen-bond acceptors (Lipinski definition) is 4. The van der Waals surface area contributed by atoms with Gasteiger partial charge in [0.05, 0.1) is 6.20 Å². The van der Waals surface area contributed by atoms with E-state index in [0.717, 1.165) is 10.8 Å². The van der Waals surface area contributed by atoms with Gasteiger partial charge in [0.1, 0.15) is 5.69 Å². The Balaban J connectivity index is 2.30. The third-order valence-electron chi connectivity index (χ3n) is 2.78. The van der Waals surface area contributed by atoms with E-state index in [9.17, 15) is 4.79 Å². The lowest BCUT2D eigenvalue weighted by Crippen LogP contribution is -2.27. The number of rotatable bonds is 6. The van der Waals surface area contributed by atoms with Crippen molar-refractivity contribution in [3.05, 3.63) is 42.2 Å². The zero-order valence-corrected chi connectivity index (χ0v) is 12.1. The van der Waals surface area contributed by atoms with Crippen molar-refractivity contribution in [2.24, 2.45) is 0 Å². The Morgan fingerprint density at radius 1 is 1.40 bits per heavy atom. The fraction of sp³-hybridized carbons (Fsp3) is 0.286. The number of benzene rings is 1. The molecule has 20 heavy (non-hydrogen) atoms. The molecule has 0 saturated carbocycles. The normalized spacial score (nSPS) is 10.5. The predicted octanol–water partition coefficient (Wildman–Crippen LogP) is 1.71. The number of aliphatic hydroxyl groups is 1. The van der Waals surface area contributed by atoms with Gasteiger partial charge in [-0.05, 0) is 24.8 Å². The zero-order valence-electron chi connectivity index (χ0n) is 11.2. The summed E-state index contributed by atoms with van der Waals surface area (Å²) in [7, 11) is 0. The molecule has 0 bridgehead atoms. The molecule has 0 fully saturated rings. The van der Waals surface area contributed by atoms with E-state index in [4.69, 9.17) is 5.11 Å². The van der Waals surface area contributed by atoms with Crippen molar-refractivity contribution in [1.29, 1.82) is 0 Å². The van der Waals surface area contributed by atoms with Crippen molar-refractivity contribution in [2.45, 2.75) is 11.6 Å². The van der Waals surface area contributed by atoms with Gasteiger partial charge in [0.2, 0.25) is 0 Å². The highest BCUT2D eigenvalue weighted by Gasteiger charge is 2.16. The summed E-state index contributed by atoms with van der Waals surface area (Å²) >= 11 is 1.49. The molecule has 1 aromatic carbocycles. The fourth-order valence-corrected chi connectivity index (χ4v) is 2.38. The van der Waals surface area contributed by atoms with Crippen LogP contribution in [0.25, 0.3) is 5.69 Å². The van der Waals surface area contributed by atoms with Crippen molar-refractivity contribution < 1.29 is 9.90 Å². The van der Waals surface area contributed by atoms with Crippen molar-refractivity contribution in [3.63, 3.8) is 0 Å². The Morgan fingerprint density at radius 2 is 2.15 bits per heavy atom. The number of aliphatic hydroxyl groups excluding tert-OH is 1. The van der Waals surface area contributed by atoms with Crippen LogP contribution < -0.4 is 5.32 Å². The number of carbonyl (C=O) groups is 1. The minimum absolute atomic E-state index is 0.0638. The summed E-state index contributed by atoms with van der Waals surface area (Å²) in [5, 5.41) is 12.3. The Kier molecular flexibility index (Phi) is 5.20. The fourth-order valence-electron chi connectivity index (χ4n) is 1.84. The number of thioether (sulfide) groups is 1. The van der Waals surface area contributed by atoms with E-state index in [1.807, 2.05) is 41.2 Å². The van der Waals surface area contributed by atoms with Crippen LogP contribution in [0.1, 0.15) is 16.9 Å². The number of nitrogens with one attached hydrogen (secondary N) is 1. The molecule has 5 nitrogen and oxygen atoms in total. The summed E-state index contributed by atoms with van der Waals surface area (Å²) < 4.78 is 1.83. The monoisotopic (exact) mass is 291 g/mol. The maximum atomic E-state index is 12.2. The Labute approximate surface area is 122 Å². The molecule has 1 amide bonds. The van der Waals surface area contributed by atoms with Crippen LogP contribution in [-0.2, 0) is 0 Å². The quantitative estimate of drug-likeness (QED) is 0.628. The molecule has 0 radical (unpaired) electrons. The summed E-state index contributed by atoms with van der Waals surface area (Å²) in [5.41, 5.74) is 1.40. The van der Waals surface area contributed by atoms with E-state index < -0.39 is 0 Å². The summed E-state index contributed by atoms with van der Waals surface area (Å²) in [6.07, 6.45) is 4.04. The summed E-state index contributed by atoms with van der Waals surface area (Å²) in [6, 6.07) is 9.65. The van der Waals surface area contributed by atoms with Crippen LogP contribution in [0.5, 0.6) is 0 Å². The Bertz CT molecular complexity index is 569. The number of amides is 1. The van der Waals surface area contributed by atoms with Gasteiger partial charge in [-0.1, -0.05) is 30.0 Å². The van der Waals surface area contributed by atoms with E-state index in [0.29, 0.717) is 18.7 Å². The van der Waals surface area contributed by atoms with Gasteiger partial charge in [-0.2, -0.15) is 0 Å². The third-order valence-corrected chi connectivity index (χ3v) is 3.43. The third kappa shape index (κ3) is 3.20. The van der Waals surface area contributed by atoms with Gasteiger partial charge < -0.3 is 10.4 Å². The molecule has 0 aliphatic carbocycles. The first-order chi connectivity index (χ1) is 9.77. The molecule has 2 N–H and O–H groups in total. The number of imidazole rings is 1. The lowest BCUT2D eigenvalue weighted by atomic mass is 10.3. The largest absolute Gasteiger partial charge is 0.396 e. The molecule has 2 aromatic rings. The van der Waals surface area contributed by atoms with E-state index in [1.54, 1.807) is 6.20 Å². The summed E-state index contributed by atoms with van der Waals surface area (Å²) in [4.78, 5) is 16.5. The number of aromatic nitrogens is 2. The van der Waals surface area contributed by atoms with Crippen LogP contribution in [0, 0.1) is 0 Å². The van der Waals surface area contributed by atoms with Crippen LogP contribution >= 0.6 is 11.8 Å². The lowest BCUT2D eigenvalue weighted by Gasteiger charge is -2.10. The standard InChI is InChI=1S/C14H17N3O2S/c1-20-14-16-10-12(13(19)15-8-5-9-18)17(14)11-6-3-2-4-7-11/h2-4,6-7,10,18H,5,8-9H2,1H3,(H,15,19). The first kappa shape index (κ1) is 14.6. The van der Waals surface area contributed by atoms with E-state index in [-0.39, 0.29) is 12.5 Å². The van der Waals surface area contributed by atoms with Crippen molar-refractivity contribution in [1.82, 2.24) is 14.9 Å². The van der Waals surface area contributed by atoms with Crippen LogP contribution in [-0.4, -0.2) is 40.0 Å². The highest BCUT2D eigenvalue weighted by atomic mass is 32.2. The number of para-hydroxylation sites is 1. The molecule has 1 aromatic heterocycles. The number of carbonyl (C=O) groups excluding carboxylic acids is 1. The molecule has 6 heteroatoms. The maximum absolute atomic E-state index is 12.2. The van der Waals surface area contributed by atoms with Crippen molar-refractivity contribution in [2.75, 3.05) is 19.4 Å². The second-order valence-corrected chi connectivity index (χ2v) is 4.91. The smallest absolute Gasteiger partial charge is 0.269 e. The second kappa shape index (κ2) is 7.12. The van der Waals surface area contributed by atoms with Crippen LogP contribution in [0.15, 0.2) is 41.7 Å². The van der Waals surface area contributed by atoms with Gasteiger partial charge in [-0.25, -0.2) is 4.98 Å². The van der Waals surface area contributed by atoms with E-state index in [2.05, 4.69) is 10.3 Å². The van der Waals surface area contributed by atoms with E-state index in [1.165, 1.54) is 11.8 Å². The molecule has 0 spiro atoms. The zero-order chi connectivity index (χ0) is 14.4. The minimum atomic E-state index is -0.185. The molecule has 0 unspecified atom stereocenters. The highest BCUT2D eigenvalue weighted by Crippen LogP contribution is 2.21. The van der Waals surface area contributed by atoms with Gasteiger partial charge in [0.15, 0.2) is 5.16 Å². The molecular weight excluding hydrogens is 274 g/mol. The van der Waals surface area contributed by atoms with Gasteiger partial charge in [0, 0.05) is 18.8 Å². The molecule has 0 aliphatic rings. The minimum Gasteiger partial charge on any atom is -0.396 e. The Morgan fingerprint density at radius 3 is 2.80 bits per heavy atom. The first-order valence-electron chi connectivity index (χ1n) is 6.34. The topological polar surface area (TPSA) is 67.2 Å². The maximum Gasteiger partial charge on any atom is 0.269 e. The van der Waals surface area contributed by atoms with Crippen LogP contribution in [0.2, 0.25) is 0 Å². The molecule has 2 rings (SSSR count). The SMILES string of the molecule is CSc1ncc(C(=O)NCCCO)n1-c1ccccc1. The van der Waals surface area contributed by atoms with Crippen molar-refractivity contribution in [3.8, 4) is 5.69 Å². The molecule has 106 valence electrons. The average molecular weight is 291 g/mol. The first-order valence-corrected chi connectivity index (χ1v) is 7.56. The Hall–Kier alpha value is -1.79. The summed E-state index contributed by atoms with van der Waals surface area (Å²) in [6.45, 7) is 0.512. The molecule has 1 heterocycles. The van der Waals surface area contributed by atoms with Gasteiger partial charge >= 0.3 is 0 Å². The average Bonchev–Trinajstić information content (AvgIpc) is 2.92.